The zero-order valence-electron chi connectivity index (χ0n) is 9.61. The van der Waals surface area contributed by atoms with Gasteiger partial charge in [0.1, 0.15) is 0 Å². The fraction of sp³-hybridized carbons (Fsp3) is 0.571. The highest BCUT2D eigenvalue weighted by Gasteiger charge is 2.23. The second kappa shape index (κ2) is 4.80. The third kappa shape index (κ3) is 2.44. The van der Waals surface area contributed by atoms with Crippen molar-refractivity contribution in [2.75, 3.05) is 18.8 Å². The molecule has 1 aliphatic carbocycles. The van der Waals surface area contributed by atoms with Gasteiger partial charge in [-0.25, -0.2) is 0 Å². The molecule has 16 heavy (non-hydrogen) atoms. The predicted molar refractivity (Wildman–Crippen MR) is 70.1 cm³/mol. The molecule has 1 saturated carbocycles. The van der Waals surface area contributed by atoms with Crippen LogP contribution in [0.15, 0.2) is 29.2 Å². The van der Waals surface area contributed by atoms with E-state index in [0.717, 1.165) is 18.4 Å². The molecule has 1 heterocycles. The quantitative estimate of drug-likeness (QED) is 0.783. The number of fused-ring (bicyclic) bond motifs is 1. The van der Waals surface area contributed by atoms with Crippen LogP contribution in [0.3, 0.4) is 0 Å². The smallest absolute Gasteiger partial charge is 0.0108 e. The first-order valence-electron chi connectivity index (χ1n) is 6.36. The second-order valence-corrected chi connectivity index (χ2v) is 6.04. The standard InChI is InChI=1S/C14H19NS/c1-2-4-14-13(3-1)12(10-16-14)9-15-8-7-11-5-6-11/h1-4,11-12,15H,5-10H2. The Morgan fingerprint density at radius 2 is 2.12 bits per heavy atom. The van der Waals surface area contributed by atoms with Gasteiger partial charge in [0, 0.05) is 23.1 Å². The van der Waals surface area contributed by atoms with Crippen molar-refractivity contribution >= 4 is 11.8 Å². The molecular formula is C14H19NS. The Morgan fingerprint density at radius 1 is 1.25 bits per heavy atom. The zero-order chi connectivity index (χ0) is 10.8. The molecule has 3 rings (SSSR count). The summed E-state index contributed by atoms with van der Waals surface area (Å²) >= 11 is 2.01. The minimum absolute atomic E-state index is 0.736. The predicted octanol–water partition coefficient (Wildman–Crippen LogP) is 3.27. The van der Waals surface area contributed by atoms with Crippen molar-refractivity contribution in [3.8, 4) is 0 Å². The van der Waals surface area contributed by atoms with Crippen molar-refractivity contribution in [3.05, 3.63) is 29.8 Å². The summed E-state index contributed by atoms with van der Waals surface area (Å²) in [5.74, 6) is 3.05. The van der Waals surface area contributed by atoms with Crippen LogP contribution in [0.2, 0.25) is 0 Å². The van der Waals surface area contributed by atoms with Gasteiger partial charge in [0.25, 0.3) is 0 Å². The van der Waals surface area contributed by atoms with Crippen molar-refractivity contribution in [1.82, 2.24) is 5.32 Å². The number of rotatable bonds is 5. The molecule has 1 aromatic carbocycles. The summed E-state index contributed by atoms with van der Waals surface area (Å²) in [5, 5.41) is 3.63. The maximum atomic E-state index is 3.63. The van der Waals surface area contributed by atoms with E-state index in [1.807, 2.05) is 11.8 Å². The largest absolute Gasteiger partial charge is 0.316 e. The Hall–Kier alpha value is -0.470. The van der Waals surface area contributed by atoms with Gasteiger partial charge in [-0.3, -0.25) is 0 Å². The molecule has 1 aliphatic heterocycles. The maximum absolute atomic E-state index is 3.63. The lowest BCUT2D eigenvalue weighted by atomic mass is 10.0. The van der Waals surface area contributed by atoms with Gasteiger partial charge in [0.05, 0.1) is 0 Å². The third-order valence-corrected chi connectivity index (χ3v) is 4.87. The average molecular weight is 233 g/mol. The van der Waals surface area contributed by atoms with Crippen molar-refractivity contribution in [3.63, 3.8) is 0 Å². The van der Waals surface area contributed by atoms with E-state index in [9.17, 15) is 0 Å². The lowest BCUT2D eigenvalue weighted by Crippen LogP contribution is -2.22. The average Bonchev–Trinajstić information content (AvgIpc) is 3.05. The molecule has 0 radical (unpaired) electrons. The second-order valence-electron chi connectivity index (χ2n) is 4.98. The highest BCUT2D eigenvalue weighted by molar-refractivity contribution is 7.99. The molecule has 1 fully saturated rings. The molecule has 0 amide bonds. The van der Waals surface area contributed by atoms with E-state index in [2.05, 4.69) is 29.6 Å². The van der Waals surface area contributed by atoms with Crippen LogP contribution >= 0.6 is 11.8 Å². The maximum Gasteiger partial charge on any atom is 0.0108 e. The van der Waals surface area contributed by atoms with Gasteiger partial charge in [-0.15, -0.1) is 11.8 Å². The van der Waals surface area contributed by atoms with Gasteiger partial charge in [-0.2, -0.15) is 0 Å². The summed E-state index contributed by atoms with van der Waals surface area (Å²) in [7, 11) is 0. The molecular weight excluding hydrogens is 214 g/mol. The summed E-state index contributed by atoms with van der Waals surface area (Å²) < 4.78 is 0. The molecule has 1 N–H and O–H groups in total. The van der Waals surface area contributed by atoms with E-state index in [1.54, 1.807) is 5.56 Å². The van der Waals surface area contributed by atoms with Gasteiger partial charge >= 0.3 is 0 Å². The summed E-state index contributed by atoms with van der Waals surface area (Å²) in [6, 6.07) is 8.86. The highest BCUT2D eigenvalue weighted by atomic mass is 32.2. The molecule has 2 heteroatoms. The molecule has 0 spiro atoms. The van der Waals surface area contributed by atoms with Crippen LogP contribution in [0.4, 0.5) is 0 Å². The summed E-state index contributed by atoms with van der Waals surface area (Å²) in [6.07, 6.45) is 4.34. The Labute approximate surface area is 102 Å². The van der Waals surface area contributed by atoms with Gasteiger partial charge < -0.3 is 5.32 Å². The fourth-order valence-electron chi connectivity index (χ4n) is 2.39. The van der Waals surface area contributed by atoms with E-state index in [4.69, 9.17) is 0 Å². The van der Waals surface area contributed by atoms with E-state index in [0.29, 0.717) is 0 Å². The Morgan fingerprint density at radius 3 is 3.00 bits per heavy atom. The summed E-state index contributed by atoms with van der Waals surface area (Å²) in [5.41, 5.74) is 1.56. The van der Waals surface area contributed by atoms with Crippen molar-refractivity contribution in [2.24, 2.45) is 5.92 Å². The first kappa shape index (κ1) is 10.7. The lowest BCUT2D eigenvalue weighted by Gasteiger charge is -2.11. The Balaban J connectivity index is 1.48. The SMILES string of the molecule is c1ccc2c(c1)SCC2CNCCC1CC1. The van der Waals surface area contributed by atoms with Crippen LogP contribution < -0.4 is 5.32 Å². The van der Waals surface area contributed by atoms with Crippen molar-refractivity contribution in [2.45, 2.75) is 30.1 Å². The molecule has 86 valence electrons. The van der Waals surface area contributed by atoms with Crippen LogP contribution in [0.1, 0.15) is 30.7 Å². The van der Waals surface area contributed by atoms with E-state index in [-0.39, 0.29) is 0 Å². The van der Waals surface area contributed by atoms with Gasteiger partial charge in [-0.05, 0) is 30.5 Å². The van der Waals surface area contributed by atoms with Crippen LogP contribution in [0, 0.1) is 5.92 Å². The fourth-order valence-corrected chi connectivity index (χ4v) is 3.64. The van der Waals surface area contributed by atoms with Gasteiger partial charge in [0.2, 0.25) is 0 Å². The normalized spacial score (nSPS) is 23.4. The number of nitrogens with one attached hydrogen (secondary N) is 1. The first-order chi connectivity index (χ1) is 7.93. The molecule has 1 aromatic rings. The molecule has 1 unspecified atom stereocenters. The molecule has 0 bridgehead atoms. The minimum atomic E-state index is 0.736. The monoisotopic (exact) mass is 233 g/mol. The van der Waals surface area contributed by atoms with Crippen LogP contribution in [0.25, 0.3) is 0 Å². The van der Waals surface area contributed by atoms with E-state index >= 15 is 0 Å². The Bertz CT molecular complexity index is 360. The molecule has 0 saturated heterocycles. The lowest BCUT2D eigenvalue weighted by molar-refractivity contribution is 0.578. The molecule has 1 atom stereocenters. The number of hydrogen-bond acceptors (Lipinski definition) is 2. The van der Waals surface area contributed by atoms with Crippen LogP contribution in [-0.4, -0.2) is 18.8 Å². The van der Waals surface area contributed by atoms with Crippen LogP contribution in [0.5, 0.6) is 0 Å². The van der Waals surface area contributed by atoms with E-state index < -0.39 is 0 Å². The topological polar surface area (TPSA) is 12.0 Å². The molecule has 1 nitrogen and oxygen atoms in total. The van der Waals surface area contributed by atoms with Crippen molar-refractivity contribution in [1.29, 1.82) is 0 Å². The Kier molecular flexibility index (Phi) is 3.20. The number of benzene rings is 1. The highest BCUT2D eigenvalue weighted by Crippen LogP contribution is 2.38. The first-order valence-corrected chi connectivity index (χ1v) is 7.34. The van der Waals surface area contributed by atoms with E-state index in [1.165, 1.54) is 36.5 Å². The zero-order valence-corrected chi connectivity index (χ0v) is 10.4. The van der Waals surface area contributed by atoms with Crippen LogP contribution in [-0.2, 0) is 0 Å². The third-order valence-electron chi connectivity index (χ3n) is 3.62. The summed E-state index contributed by atoms with van der Waals surface area (Å²) in [4.78, 5) is 1.50. The molecule has 0 aromatic heterocycles. The number of thioether (sulfide) groups is 1. The van der Waals surface area contributed by atoms with Gasteiger partial charge in [0.15, 0.2) is 0 Å². The summed E-state index contributed by atoms with van der Waals surface area (Å²) in [6.45, 7) is 2.38. The minimum Gasteiger partial charge on any atom is -0.316 e. The van der Waals surface area contributed by atoms with Gasteiger partial charge in [-0.1, -0.05) is 31.0 Å². The van der Waals surface area contributed by atoms with Crippen molar-refractivity contribution < 1.29 is 0 Å². The molecule has 2 aliphatic rings. The number of hydrogen-bond donors (Lipinski definition) is 1.